The van der Waals surface area contributed by atoms with Gasteiger partial charge in [-0.2, -0.15) is 0 Å². The number of halogens is 1. The minimum absolute atomic E-state index is 0.363. The number of carbonyl (C=O) groups excluding carboxylic acids is 1. The number of anilines is 2. The van der Waals surface area contributed by atoms with Crippen LogP contribution in [0.1, 0.15) is 20.8 Å². The largest absolute Gasteiger partial charge is 0.465 e. The molecule has 166 valence electrons. The highest BCUT2D eigenvalue weighted by Gasteiger charge is 2.22. The molecule has 3 aromatic rings. The lowest BCUT2D eigenvalue weighted by atomic mass is 10.1. The highest BCUT2D eigenvalue weighted by atomic mass is 35.5. The molecule has 0 atom stereocenters. The van der Waals surface area contributed by atoms with Gasteiger partial charge in [-0.3, -0.25) is 0 Å². The van der Waals surface area contributed by atoms with Crippen molar-refractivity contribution in [3.05, 3.63) is 81.7 Å². The Hall–Kier alpha value is -2.61. The number of hydrogen-bond donors (Lipinski definition) is 1. The maximum absolute atomic E-state index is 12.4. The highest BCUT2D eigenvalue weighted by Crippen LogP contribution is 2.31. The minimum atomic E-state index is -0.363. The Morgan fingerprint density at radius 2 is 1.78 bits per heavy atom. The molecular formula is C24H24ClN3O2S2. The van der Waals surface area contributed by atoms with Crippen molar-refractivity contribution in [2.45, 2.75) is 6.42 Å². The lowest BCUT2D eigenvalue weighted by Crippen LogP contribution is -2.50. The smallest absolute Gasteiger partial charge is 0.340 e. The van der Waals surface area contributed by atoms with Crippen molar-refractivity contribution in [3.63, 3.8) is 0 Å². The van der Waals surface area contributed by atoms with Crippen molar-refractivity contribution in [1.82, 2.24) is 4.90 Å². The zero-order valence-electron chi connectivity index (χ0n) is 17.7. The summed E-state index contributed by atoms with van der Waals surface area (Å²) in [4.78, 5) is 17.9. The monoisotopic (exact) mass is 485 g/mol. The van der Waals surface area contributed by atoms with Crippen LogP contribution in [0.4, 0.5) is 10.7 Å². The van der Waals surface area contributed by atoms with Crippen LogP contribution in [0.15, 0.2) is 60.7 Å². The van der Waals surface area contributed by atoms with Crippen LogP contribution in [0.2, 0.25) is 5.02 Å². The van der Waals surface area contributed by atoms with Crippen LogP contribution in [0.25, 0.3) is 0 Å². The summed E-state index contributed by atoms with van der Waals surface area (Å²) in [5, 5.41) is 5.39. The molecule has 4 rings (SSSR count). The molecule has 1 aromatic heterocycles. The summed E-state index contributed by atoms with van der Waals surface area (Å²) in [6, 6.07) is 20.0. The number of nitrogens with zero attached hydrogens (tertiary/aromatic N) is 2. The van der Waals surface area contributed by atoms with E-state index in [-0.39, 0.29) is 5.97 Å². The molecule has 0 aliphatic carbocycles. The van der Waals surface area contributed by atoms with Crippen molar-refractivity contribution in [1.29, 1.82) is 0 Å². The molecule has 32 heavy (non-hydrogen) atoms. The normalized spacial score (nSPS) is 13.7. The Morgan fingerprint density at radius 1 is 1.09 bits per heavy atom. The second-order valence-corrected chi connectivity index (χ2v) is 9.45. The number of nitrogens with one attached hydrogen (secondary N) is 1. The fourth-order valence-corrected chi connectivity index (χ4v) is 5.23. The Labute approximate surface area is 202 Å². The van der Waals surface area contributed by atoms with Crippen molar-refractivity contribution in [2.24, 2.45) is 0 Å². The van der Waals surface area contributed by atoms with E-state index in [4.69, 9.17) is 28.6 Å². The van der Waals surface area contributed by atoms with Crippen LogP contribution in [0.3, 0.4) is 0 Å². The average molecular weight is 486 g/mol. The molecule has 0 radical (unpaired) electrons. The molecule has 0 unspecified atom stereocenters. The van der Waals surface area contributed by atoms with Gasteiger partial charge in [0.15, 0.2) is 5.11 Å². The summed E-state index contributed by atoms with van der Waals surface area (Å²) in [5.41, 5.74) is 2.87. The van der Waals surface area contributed by atoms with E-state index in [1.807, 2.05) is 48.5 Å². The number of carbonyl (C=O) groups is 1. The topological polar surface area (TPSA) is 44.8 Å². The van der Waals surface area contributed by atoms with Gasteiger partial charge in [-0.25, -0.2) is 4.79 Å². The molecule has 5 nitrogen and oxygen atoms in total. The van der Waals surface area contributed by atoms with Gasteiger partial charge in [-0.05, 0) is 48.1 Å². The maximum Gasteiger partial charge on any atom is 0.340 e. The SMILES string of the molecule is COC(=O)c1cc(Cc2ccccc2)sc1NC(=S)N1CCN(c2ccc(Cl)cc2)CC1. The van der Waals surface area contributed by atoms with Crippen molar-refractivity contribution >= 4 is 56.9 Å². The summed E-state index contributed by atoms with van der Waals surface area (Å²) in [6.07, 6.45) is 0.754. The third-order valence-corrected chi connectivity index (χ3v) is 7.05. The van der Waals surface area contributed by atoms with Crippen LogP contribution in [-0.4, -0.2) is 49.3 Å². The molecule has 8 heteroatoms. The molecule has 1 aliphatic heterocycles. The number of piperazine rings is 1. The van der Waals surface area contributed by atoms with Crippen LogP contribution in [0.5, 0.6) is 0 Å². The average Bonchev–Trinajstić information content (AvgIpc) is 3.21. The van der Waals surface area contributed by atoms with Gasteiger partial charge in [0.25, 0.3) is 0 Å². The molecule has 1 saturated heterocycles. The van der Waals surface area contributed by atoms with Crippen LogP contribution >= 0.6 is 35.2 Å². The predicted molar refractivity (Wildman–Crippen MR) is 136 cm³/mol. The Kier molecular flexibility index (Phi) is 7.29. The van der Waals surface area contributed by atoms with Gasteiger partial charge in [0.1, 0.15) is 5.00 Å². The van der Waals surface area contributed by atoms with Crippen molar-refractivity contribution < 1.29 is 9.53 Å². The summed E-state index contributed by atoms with van der Waals surface area (Å²) in [5.74, 6) is -0.363. The summed E-state index contributed by atoms with van der Waals surface area (Å²) in [7, 11) is 1.40. The molecule has 2 aromatic carbocycles. The minimum Gasteiger partial charge on any atom is -0.465 e. The number of methoxy groups -OCH3 is 1. The standard InChI is InChI=1S/C24H24ClN3O2S2/c1-30-23(29)21-16-20(15-17-5-3-2-4-6-17)32-22(21)26-24(31)28-13-11-27(12-14-28)19-9-7-18(25)8-10-19/h2-10,16H,11-15H2,1H3,(H,26,31). The fraction of sp³-hybridized carbons (Fsp3) is 0.250. The van der Waals surface area contributed by atoms with E-state index < -0.39 is 0 Å². The van der Waals surface area contributed by atoms with Crippen molar-refractivity contribution in [3.8, 4) is 0 Å². The van der Waals surface area contributed by atoms with Crippen molar-refractivity contribution in [2.75, 3.05) is 43.5 Å². The number of benzene rings is 2. The van der Waals surface area contributed by atoms with Gasteiger partial charge in [-0.15, -0.1) is 11.3 Å². The fourth-order valence-electron chi connectivity index (χ4n) is 3.68. The van der Waals surface area contributed by atoms with Gasteiger partial charge in [0, 0.05) is 48.2 Å². The maximum atomic E-state index is 12.4. The van der Waals surface area contributed by atoms with E-state index in [9.17, 15) is 4.79 Å². The highest BCUT2D eigenvalue weighted by molar-refractivity contribution is 7.80. The summed E-state index contributed by atoms with van der Waals surface area (Å²) >= 11 is 13.2. The second-order valence-electron chi connectivity index (χ2n) is 7.49. The third kappa shape index (κ3) is 5.41. The van der Waals surface area contributed by atoms with Crippen LogP contribution in [-0.2, 0) is 11.2 Å². The van der Waals surface area contributed by atoms with Gasteiger partial charge >= 0.3 is 5.97 Å². The van der Waals surface area contributed by atoms with E-state index in [2.05, 4.69) is 27.2 Å². The molecule has 1 fully saturated rings. The summed E-state index contributed by atoms with van der Waals surface area (Å²) in [6.45, 7) is 3.31. The van der Waals surface area contributed by atoms with E-state index in [0.717, 1.165) is 53.2 Å². The van der Waals surface area contributed by atoms with Gasteiger partial charge in [0.05, 0.1) is 12.7 Å². The molecule has 2 heterocycles. The quantitative estimate of drug-likeness (QED) is 0.391. The van der Waals surface area contributed by atoms with Gasteiger partial charge in [-0.1, -0.05) is 41.9 Å². The molecule has 1 N–H and O–H groups in total. The number of hydrogen-bond acceptors (Lipinski definition) is 5. The van der Waals surface area contributed by atoms with Gasteiger partial charge in [0.2, 0.25) is 0 Å². The zero-order chi connectivity index (χ0) is 22.5. The summed E-state index contributed by atoms with van der Waals surface area (Å²) < 4.78 is 4.99. The number of ether oxygens (including phenoxy) is 1. The zero-order valence-corrected chi connectivity index (χ0v) is 20.1. The van der Waals surface area contributed by atoms with E-state index >= 15 is 0 Å². The molecule has 0 saturated carbocycles. The number of rotatable bonds is 5. The Morgan fingerprint density at radius 3 is 2.44 bits per heavy atom. The van der Waals surface area contributed by atoms with E-state index in [1.165, 1.54) is 12.7 Å². The number of thiophene rings is 1. The molecular weight excluding hydrogens is 462 g/mol. The van der Waals surface area contributed by atoms with Gasteiger partial charge < -0.3 is 19.9 Å². The van der Waals surface area contributed by atoms with E-state index in [0.29, 0.717) is 10.7 Å². The Bertz CT molecular complexity index is 1080. The lowest BCUT2D eigenvalue weighted by molar-refractivity contribution is 0.0602. The molecule has 0 spiro atoms. The van der Waals surface area contributed by atoms with Crippen LogP contribution < -0.4 is 10.2 Å². The van der Waals surface area contributed by atoms with E-state index in [1.54, 1.807) is 11.3 Å². The van der Waals surface area contributed by atoms with Crippen LogP contribution in [0, 0.1) is 0 Å². The third-order valence-electron chi connectivity index (χ3n) is 5.39. The molecule has 0 amide bonds. The Balaban J connectivity index is 1.42. The molecule has 1 aliphatic rings. The number of esters is 1. The first-order valence-electron chi connectivity index (χ1n) is 10.3. The first-order chi connectivity index (χ1) is 15.5. The predicted octanol–water partition coefficient (Wildman–Crippen LogP) is 5.30. The lowest BCUT2D eigenvalue weighted by Gasteiger charge is -2.37. The first kappa shape index (κ1) is 22.6. The number of thiocarbonyl (C=S) groups is 1. The second kappa shape index (κ2) is 10.3. The molecule has 0 bridgehead atoms. The first-order valence-corrected chi connectivity index (χ1v) is 11.9.